The van der Waals surface area contributed by atoms with E-state index in [9.17, 15) is 4.79 Å². The molecule has 0 aliphatic carbocycles. The highest BCUT2D eigenvalue weighted by atomic mass is 16.1. The molecule has 5 aromatic rings. The van der Waals surface area contributed by atoms with Gasteiger partial charge in [0.1, 0.15) is 11.0 Å². The molecule has 1 amide bonds. The first-order chi connectivity index (χ1) is 16.1. The Morgan fingerprint density at radius 3 is 2.12 bits per heavy atom. The highest BCUT2D eigenvalue weighted by Gasteiger charge is 2.12. The SMILES string of the molecule is CCc1ccc(-n2nc3cc(C)c(NC(=O)c4ccc(-c5ccccc5)cc4)cc3n2)cc1. The molecule has 33 heavy (non-hydrogen) atoms. The van der Waals surface area contributed by atoms with Crippen LogP contribution in [0.3, 0.4) is 0 Å². The summed E-state index contributed by atoms with van der Waals surface area (Å²) in [4.78, 5) is 14.5. The van der Waals surface area contributed by atoms with Crippen LogP contribution in [0.1, 0.15) is 28.4 Å². The molecule has 4 aromatic carbocycles. The number of anilines is 1. The molecule has 0 bridgehead atoms. The molecule has 0 spiro atoms. The highest BCUT2D eigenvalue weighted by molar-refractivity contribution is 6.05. The van der Waals surface area contributed by atoms with Gasteiger partial charge in [0.25, 0.3) is 5.91 Å². The van der Waals surface area contributed by atoms with Gasteiger partial charge < -0.3 is 5.32 Å². The summed E-state index contributed by atoms with van der Waals surface area (Å²) < 4.78 is 0. The second kappa shape index (κ2) is 8.71. The van der Waals surface area contributed by atoms with Crippen LogP contribution >= 0.6 is 0 Å². The van der Waals surface area contributed by atoms with E-state index in [1.807, 2.05) is 73.7 Å². The van der Waals surface area contributed by atoms with Crippen molar-refractivity contribution in [3.05, 3.63) is 108 Å². The lowest BCUT2D eigenvalue weighted by molar-refractivity contribution is 0.102. The Hall–Kier alpha value is -4.25. The van der Waals surface area contributed by atoms with Crippen molar-refractivity contribution in [2.75, 3.05) is 5.32 Å². The quantitative estimate of drug-likeness (QED) is 0.359. The minimum Gasteiger partial charge on any atom is -0.322 e. The van der Waals surface area contributed by atoms with E-state index >= 15 is 0 Å². The highest BCUT2D eigenvalue weighted by Crippen LogP contribution is 2.24. The number of hydrogen-bond donors (Lipinski definition) is 1. The third kappa shape index (κ3) is 4.26. The first kappa shape index (κ1) is 20.6. The van der Waals surface area contributed by atoms with Gasteiger partial charge in [-0.05, 0) is 72.0 Å². The fourth-order valence-corrected chi connectivity index (χ4v) is 3.82. The normalized spacial score (nSPS) is 11.0. The van der Waals surface area contributed by atoms with Crippen LogP contribution in [0, 0.1) is 6.92 Å². The standard InChI is InChI=1S/C28H24N4O/c1-3-20-9-15-24(16-10-20)32-30-26-17-19(2)25(18-27(26)31-32)29-28(33)23-13-11-22(12-14-23)21-7-5-4-6-8-21/h4-18H,3H2,1-2H3,(H,29,33). The number of aryl methyl sites for hydroxylation is 2. The molecule has 0 aliphatic rings. The average Bonchev–Trinajstić information content (AvgIpc) is 3.27. The van der Waals surface area contributed by atoms with Crippen molar-refractivity contribution in [2.24, 2.45) is 0 Å². The zero-order valence-electron chi connectivity index (χ0n) is 18.6. The van der Waals surface area contributed by atoms with Gasteiger partial charge in [0, 0.05) is 11.3 Å². The molecule has 0 saturated carbocycles. The van der Waals surface area contributed by atoms with Crippen molar-refractivity contribution >= 4 is 22.6 Å². The van der Waals surface area contributed by atoms with Crippen molar-refractivity contribution in [1.82, 2.24) is 15.0 Å². The van der Waals surface area contributed by atoms with E-state index in [4.69, 9.17) is 0 Å². The summed E-state index contributed by atoms with van der Waals surface area (Å²) >= 11 is 0. The molecule has 5 heteroatoms. The zero-order chi connectivity index (χ0) is 22.8. The fraction of sp³-hybridized carbons (Fsp3) is 0.107. The van der Waals surface area contributed by atoms with Gasteiger partial charge in [-0.15, -0.1) is 10.2 Å². The van der Waals surface area contributed by atoms with Crippen molar-refractivity contribution < 1.29 is 4.79 Å². The smallest absolute Gasteiger partial charge is 0.255 e. The number of hydrogen-bond acceptors (Lipinski definition) is 3. The monoisotopic (exact) mass is 432 g/mol. The minimum absolute atomic E-state index is 0.153. The topological polar surface area (TPSA) is 59.8 Å². The number of nitrogens with zero attached hydrogens (tertiary/aromatic N) is 3. The molecule has 0 saturated heterocycles. The molecule has 0 radical (unpaired) electrons. The number of carbonyl (C=O) groups is 1. The first-order valence-corrected chi connectivity index (χ1v) is 11.0. The third-order valence-electron chi connectivity index (χ3n) is 5.80. The Bertz CT molecular complexity index is 1420. The molecule has 1 heterocycles. The molecular formula is C28H24N4O. The van der Waals surface area contributed by atoms with Gasteiger partial charge in [-0.3, -0.25) is 4.79 Å². The maximum Gasteiger partial charge on any atom is 0.255 e. The Morgan fingerprint density at radius 1 is 0.818 bits per heavy atom. The van der Waals surface area contributed by atoms with Crippen LogP contribution in [-0.2, 0) is 6.42 Å². The maximum atomic E-state index is 12.9. The van der Waals surface area contributed by atoms with Gasteiger partial charge in [0.05, 0.1) is 5.69 Å². The lowest BCUT2D eigenvalue weighted by Crippen LogP contribution is -2.12. The Morgan fingerprint density at radius 2 is 1.45 bits per heavy atom. The summed E-state index contributed by atoms with van der Waals surface area (Å²) in [5.74, 6) is -0.153. The molecule has 1 aromatic heterocycles. The summed E-state index contributed by atoms with van der Waals surface area (Å²) in [6, 6.07) is 29.8. The summed E-state index contributed by atoms with van der Waals surface area (Å²) in [6.45, 7) is 4.09. The van der Waals surface area contributed by atoms with Gasteiger partial charge in [-0.1, -0.05) is 61.5 Å². The number of carbonyl (C=O) groups excluding carboxylic acids is 1. The molecule has 162 valence electrons. The Labute approximate surface area is 192 Å². The van der Waals surface area contributed by atoms with Crippen molar-refractivity contribution in [3.8, 4) is 16.8 Å². The van der Waals surface area contributed by atoms with Crippen LogP contribution in [0.5, 0.6) is 0 Å². The van der Waals surface area contributed by atoms with E-state index in [0.717, 1.165) is 45.5 Å². The number of rotatable bonds is 5. The molecule has 0 atom stereocenters. The minimum atomic E-state index is -0.153. The van der Waals surface area contributed by atoms with Gasteiger partial charge in [-0.2, -0.15) is 4.80 Å². The van der Waals surface area contributed by atoms with Crippen molar-refractivity contribution in [2.45, 2.75) is 20.3 Å². The largest absolute Gasteiger partial charge is 0.322 e. The Balaban J connectivity index is 1.38. The number of nitrogens with one attached hydrogen (secondary N) is 1. The summed E-state index contributed by atoms with van der Waals surface area (Å²) in [6.07, 6.45) is 0.992. The van der Waals surface area contributed by atoms with Gasteiger partial charge in [-0.25, -0.2) is 0 Å². The van der Waals surface area contributed by atoms with E-state index in [0.29, 0.717) is 5.56 Å². The average molecular weight is 433 g/mol. The van der Waals surface area contributed by atoms with Gasteiger partial charge in [0.2, 0.25) is 0 Å². The molecule has 1 N–H and O–H groups in total. The second-order valence-corrected chi connectivity index (χ2v) is 8.06. The Kier molecular flexibility index (Phi) is 5.45. The lowest BCUT2D eigenvalue weighted by atomic mass is 10.0. The predicted molar refractivity (Wildman–Crippen MR) is 133 cm³/mol. The van der Waals surface area contributed by atoms with Crippen LogP contribution in [0.15, 0.2) is 91.0 Å². The fourth-order valence-electron chi connectivity index (χ4n) is 3.82. The van der Waals surface area contributed by atoms with Crippen LogP contribution in [-0.4, -0.2) is 20.9 Å². The van der Waals surface area contributed by atoms with E-state index in [1.165, 1.54) is 5.56 Å². The molecule has 0 aliphatic heterocycles. The molecule has 0 unspecified atom stereocenters. The van der Waals surface area contributed by atoms with Crippen LogP contribution in [0.2, 0.25) is 0 Å². The van der Waals surface area contributed by atoms with E-state index in [1.54, 1.807) is 4.80 Å². The zero-order valence-corrected chi connectivity index (χ0v) is 18.6. The lowest BCUT2D eigenvalue weighted by Gasteiger charge is -2.09. The number of fused-ring (bicyclic) bond motifs is 1. The van der Waals surface area contributed by atoms with E-state index < -0.39 is 0 Å². The maximum absolute atomic E-state index is 12.9. The van der Waals surface area contributed by atoms with Crippen LogP contribution in [0.4, 0.5) is 5.69 Å². The van der Waals surface area contributed by atoms with E-state index in [2.05, 4.69) is 46.7 Å². The molecule has 0 fully saturated rings. The van der Waals surface area contributed by atoms with Crippen LogP contribution in [0.25, 0.3) is 27.8 Å². The summed E-state index contributed by atoms with van der Waals surface area (Å²) in [7, 11) is 0. The molecular weight excluding hydrogens is 408 g/mol. The summed E-state index contributed by atoms with van der Waals surface area (Å²) in [5, 5.41) is 12.3. The number of aromatic nitrogens is 3. The van der Waals surface area contributed by atoms with Crippen molar-refractivity contribution in [3.63, 3.8) is 0 Å². The van der Waals surface area contributed by atoms with Gasteiger partial charge in [0.15, 0.2) is 0 Å². The van der Waals surface area contributed by atoms with E-state index in [-0.39, 0.29) is 5.91 Å². The first-order valence-electron chi connectivity index (χ1n) is 11.0. The third-order valence-corrected chi connectivity index (χ3v) is 5.80. The predicted octanol–water partition coefficient (Wildman–Crippen LogP) is 6.21. The number of benzene rings is 4. The molecule has 5 nitrogen and oxygen atoms in total. The van der Waals surface area contributed by atoms with Gasteiger partial charge >= 0.3 is 0 Å². The molecule has 5 rings (SSSR count). The van der Waals surface area contributed by atoms with Crippen molar-refractivity contribution in [1.29, 1.82) is 0 Å². The second-order valence-electron chi connectivity index (χ2n) is 8.06. The number of amides is 1. The summed E-state index contributed by atoms with van der Waals surface area (Å²) in [5.41, 5.74) is 8.17. The van der Waals surface area contributed by atoms with Crippen LogP contribution < -0.4 is 5.32 Å².